The quantitative estimate of drug-likeness (QED) is 0.831. The molecular weight excluding hydrogens is 351 g/mol. The SMILES string of the molecule is Cl.Cl.O=C(NCc1ccc(Cn2ccnc2)cc1)C1COCCN1. The molecular formula is C16H22Cl2N4O2. The fourth-order valence-corrected chi connectivity index (χ4v) is 2.40. The number of ether oxygens (including phenoxy) is 1. The molecule has 24 heavy (non-hydrogen) atoms. The van der Waals surface area contributed by atoms with E-state index in [0.717, 1.165) is 18.7 Å². The minimum Gasteiger partial charge on any atom is -0.378 e. The summed E-state index contributed by atoms with van der Waals surface area (Å²) >= 11 is 0. The summed E-state index contributed by atoms with van der Waals surface area (Å²) in [6.45, 7) is 3.16. The molecule has 0 radical (unpaired) electrons. The number of carbonyl (C=O) groups is 1. The Labute approximate surface area is 153 Å². The zero-order valence-electron chi connectivity index (χ0n) is 13.2. The molecule has 2 N–H and O–H groups in total. The van der Waals surface area contributed by atoms with Crippen LogP contribution in [0.15, 0.2) is 43.0 Å². The topological polar surface area (TPSA) is 68.2 Å². The number of nitrogens with one attached hydrogen (secondary N) is 2. The molecule has 1 amide bonds. The number of hydrogen-bond donors (Lipinski definition) is 2. The second-order valence-corrected chi connectivity index (χ2v) is 5.35. The van der Waals surface area contributed by atoms with E-state index in [4.69, 9.17) is 4.74 Å². The first-order chi connectivity index (χ1) is 10.8. The first kappa shape index (κ1) is 20.4. The Balaban J connectivity index is 0.00000144. The van der Waals surface area contributed by atoms with Crippen LogP contribution in [0.25, 0.3) is 0 Å². The number of nitrogens with zero attached hydrogens (tertiary/aromatic N) is 2. The summed E-state index contributed by atoms with van der Waals surface area (Å²) in [7, 11) is 0. The van der Waals surface area contributed by atoms with Gasteiger partial charge in [0.15, 0.2) is 0 Å². The fourth-order valence-electron chi connectivity index (χ4n) is 2.40. The number of imidazole rings is 1. The summed E-state index contributed by atoms with van der Waals surface area (Å²) in [5.74, 6) is -0.0119. The first-order valence-corrected chi connectivity index (χ1v) is 7.44. The monoisotopic (exact) mass is 372 g/mol. The van der Waals surface area contributed by atoms with Crippen molar-refractivity contribution in [3.63, 3.8) is 0 Å². The van der Waals surface area contributed by atoms with Gasteiger partial charge in [0.05, 0.1) is 19.5 Å². The predicted molar refractivity (Wildman–Crippen MR) is 96.7 cm³/mol. The van der Waals surface area contributed by atoms with Gasteiger partial charge in [-0.25, -0.2) is 4.98 Å². The van der Waals surface area contributed by atoms with Gasteiger partial charge < -0.3 is 19.9 Å². The maximum Gasteiger partial charge on any atom is 0.239 e. The molecule has 3 rings (SSSR count). The van der Waals surface area contributed by atoms with Crippen LogP contribution >= 0.6 is 24.8 Å². The zero-order valence-corrected chi connectivity index (χ0v) is 14.8. The van der Waals surface area contributed by atoms with Crippen LogP contribution < -0.4 is 10.6 Å². The molecule has 1 fully saturated rings. The summed E-state index contributed by atoms with van der Waals surface area (Å²) < 4.78 is 7.31. The third kappa shape index (κ3) is 5.79. The second-order valence-electron chi connectivity index (χ2n) is 5.35. The molecule has 2 heterocycles. The van der Waals surface area contributed by atoms with Crippen molar-refractivity contribution in [2.24, 2.45) is 0 Å². The molecule has 1 aromatic heterocycles. The van der Waals surface area contributed by atoms with Crippen LogP contribution in [0.5, 0.6) is 0 Å². The van der Waals surface area contributed by atoms with Gasteiger partial charge in [-0.3, -0.25) is 4.79 Å². The van der Waals surface area contributed by atoms with Crippen molar-refractivity contribution in [1.29, 1.82) is 0 Å². The van der Waals surface area contributed by atoms with Crippen molar-refractivity contribution in [3.8, 4) is 0 Å². The van der Waals surface area contributed by atoms with E-state index in [1.54, 1.807) is 12.5 Å². The maximum absolute atomic E-state index is 12.0. The highest BCUT2D eigenvalue weighted by Gasteiger charge is 2.20. The average molecular weight is 373 g/mol. The van der Waals surface area contributed by atoms with Crippen LogP contribution in [0.2, 0.25) is 0 Å². The third-order valence-corrected chi connectivity index (χ3v) is 3.65. The molecule has 1 aliphatic rings. The van der Waals surface area contributed by atoms with Crippen LogP contribution in [0.3, 0.4) is 0 Å². The molecule has 1 atom stereocenters. The number of benzene rings is 1. The molecule has 0 spiro atoms. The molecule has 1 aliphatic heterocycles. The van der Waals surface area contributed by atoms with Crippen LogP contribution in [-0.4, -0.2) is 41.3 Å². The number of amides is 1. The van der Waals surface area contributed by atoms with Crippen molar-refractivity contribution < 1.29 is 9.53 Å². The highest BCUT2D eigenvalue weighted by Crippen LogP contribution is 2.06. The third-order valence-electron chi connectivity index (χ3n) is 3.65. The van der Waals surface area contributed by atoms with E-state index in [1.165, 1.54) is 5.56 Å². The predicted octanol–water partition coefficient (Wildman–Crippen LogP) is 1.38. The van der Waals surface area contributed by atoms with Crippen LogP contribution in [0, 0.1) is 0 Å². The normalized spacial score (nSPS) is 16.6. The minimum atomic E-state index is -0.241. The van der Waals surface area contributed by atoms with Gasteiger partial charge in [0, 0.05) is 32.0 Å². The van der Waals surface area contributed by atoms with Gasteiger partial charge in [0.1, 0.15) is 6.04 Å². The number of hydrogen-bond acceptors (Lipinski definition) is 4. The van der Waals surface area contributed by atoms with Gasteiger partial charge in [-0.2, -0.15) is 0 Å². The molecule has 0 saturated carbocycles. The molecule has 132 valence electrons. The summed E-state index contributed by atoms with van der Waals surface area (Å²) in [5.41, 5.74) is 2.29. The lowest BCUT2D eigenvalue weighted by Crippen LogP contribution is -2.51. The summed E-state index contributed by atoms with van der Waals surface area (Å²) in [6, 6.07) is 7.98. The summed E-state index contributed by atoms with van der Waals surface area (Å²) in [4.78, 5) is 16.0. The van der Waals surface area contributed by atoms with E-state index < -0.39 is 0 Å². The van der Waals surface area contributed by atoms with Crippen LogP contribution in [0.1, 0.15) is 11.1 Å². The molecule has 1 saturated heterocycles. The Morgan fingerprint density at radius 1 is 1.29 bits per heavy atom. The second kappa shape index (κ2) is 10.3. The van der Waals surface area contributed by atoms with Gasteiger partial charge in [0.25, 0.3) is 0 Å². The number of morpholine rings is 1. The number of carbonyl (C=O) groups excluding carboxylic acids is 1. The van der Waals surface area contributed by atoms with Gasteiger partial charge >= 0.3 is 0 Å². The van der Waals surface area contributed by atoms with Crippen molar-refractivity contribution in [2.45, 2.75) is 19.1 Å². The van der Waals surface area contributed by atoms with E-state index in [2.05, 4.69) is 27.8 Å². The van der Waals surface area contributed by atoms with Gasteiger partial charge in [-0.1, -0.05) is 24.3 Å². The highest BCUT2D eigenvalue weighted by atomic mass is 35.5. The van der Waals surface area contributed by atoms with E-state index in [0.29, 0.717) is 19.8 Å². The lowest BCUT2D eigenvalue weighted by molar-refractivity contribution is -0.126. The molecule has 8 heteroatoms. The first-order valence-electron chi connectivity index (χ1n) is 7.44. The molecule has 6 nitrogen and oxygen atoms in total. The summed E-state index contributed by atoms with van der Waals surface area (Å²) in [6.07, 6.45) is 5.51. The molecule has 0 bridgehead atoms. The van der Waals surface area contributed by atoms with Crippen LogP contribution in [-0.2, 0) is 22.6 Å². The van der Waals surface area contributed by atoms with E-state index in [9.17, 15) is 4.79 Å². The van der Waals surface area contributed by atoms with Gasteiger partial charge in [-0.15, -0.1) is 24.8 Å². The van der Waals surface area contributed by atoms with Gasteiger partial charge in [-0.05, 0) is 11.1 Å². The van der Waals surface area contributed by atoms with Crippen molar-refractivity contribution in [2.75, 3.05) is 19.8 Å². The Morgan fingerprint density at radius 2 is 2.04 bits per heavy atom. The molecule has 1 aromatic carbocycles. The van der Waals surface area contributed by atoms with Gasteiger partial charge in [0.2, 0.25) is 5.91 Å². The Kier molecular flexibility index (Phi) is 8.78. The minimum absolute atomic E-state index is 0. The van der Waals surface area contributed by atoms with Crippen molar-refractivity contribution in [1.82, 2.24) is 20.2 Å². The molecule has 0 aliphatic carbocycles. The Bertz CT molecular complexity index is 599. The zero-order chi connectivity index (χ0) is 15.2. The van der Waals surface area contributed by atoms with Crippen molar-refractivity contribution in [3.05, 3.63) is 54.1 Å². The van der Waals surface area contributed by atoms with Crippen molar-refractivity contribution >= 4 is 30.7 Å². The lowest BCUT2D eigenvalue weighted by Gasteiger charge is -2.22. The smallest absolute Gasteiger partial charge is 0.239 e. The van der Waals surface area contributed by atoms with E-state index in [-0.39, 0.29) is 36.8 Å². The highest BCUT2D eigenvalue weighted by molar-refractivity contribution is 5.85. The Hall–Kier alpha value is -1.60. The largest absolute Gasteiger partial charge is 0.378 e. The fraction of sp³-hybridized carbons (Fsp3) is 0.375. The lowest BCUT2D eigenvalue weighted by atomic mass is 10.1. The molecule has 2 aromatic rings. The standard InChI is InChI=1S/C16H20N4O2.2ClH/c21-16(15-11-22-8-6-18-15)19-9-13-1-3-14(4-2-13)10-20-7-5-17-12-20;;/h1-5,7,12,15,18H,6,8-11H2,(H,19,21);2*1H. The van der Waals surface area contributed by atoms with Crippen LogP contribution in [0.4, 0.5) is 0 Å². The Morgan fingerprint density at radius 3 is 2.67 bits per heavy atom. The molecule has 1 unspecified atom stereocenters. The average Bonchev–Trinajstić information content (AvgIpc) is 3.08. The van der Waals surface area contributed by atoms with E-state index in [1.807, 2.05) is 22.9 Å². The number of aromatic nitrogens is 2. The number of halogens is 2. The van der Waals surface area contributed by atoms with E-state index >= 15 is 0 Å². The maximum atomic E-state index is 12.0. The number of rotatable bonds is 5. The summed E-state index contributed by atoms with van der Waals surface area (Å²) in [5, 5.41) is 6.08.